The van der Waals surface area contributed by atoms with Crippen molar-refractivity contribution in [3.05, 3.63) is 65.6 Å². The van der Waals surface area contributed by atoms with Crippen molar-refractivity contribution in [2.75, 3.05) is 5.32 Å². The maximum atomic E-state index is 5.91. The van der Waals surface area contributed by atoms with Crippen LogP contribution in [0.15, 0.2) is 54.9 Å². The molecule has 0 fully saturated rings. The lowest BCUT2D eigenvalue weighted by Gasteiger charge is -2.12. The van der Waals surface area contributed by atoms with Gasteiger partial charge in [0.1, 0.15) is 0 Å². The highest BCUT2D eigenvalue weighted by Crippen LogP contribution is 2.24. The Balaban J connectivity index is 1.76. The lowest BCUT2D eigenvalue weighted by Crippen LogP contribution is -2.09. The van der Waals surface area contributed by atoms with Crippen molar-refractivity contribution in [1.82, 2.24) is 15.0 Å². The van der Waals surface area contributed by atoms with Gasteiger partial charge in [0.25, 0.3) is 0 Å². The monoisotopic (exact) mass is 298 g/mol. The first-order valence-electron chi connectivity index (χ1n) is 6.71. The fraction of sp³-hybridized carbons (Fsp3) is 0.125. The molecule has 5 heteroatoms. The number of anilines is 1. The highest BCUT2D eigenvalue weighted by atomic mass is 35.5. The van der Waals surface area contributed by atoms with Gasteiger partial charge in [-0.15, -0.1) is 0 Å². The normalized spacial score (nSPS) is 12.1. The molecule has 4 nitrogen and oxygen atoms in total. The first-order chi connectivity index (χ1) is 10.2. The number of aromatic amines is 1. The molecular formula is C16H15ClN4. The van der Waals surface area contributed by atoms with E-state index in [1.165, 1.54) is 0 Å². The molecule has 0 spiro atoms. The van der Waals surface area contributed by atoms with Gasteiger partial charge in [-0.2, -0.15) is 0 Å². The standard InChI is InChI=1S/C16H15ClN4/c1-11(20-16-18-9-2-10-19-16)14-7-8-15(21-14)12-3-5-13(17)6-4-12/h2-11,21H,1H3,(H,18,19,20)/t11-/m0/s1. The number of rotatable bonds is 4. The average Bonchev–Trinajstić information content (AvgIpc) is 2.99. The molecule has 0 saturated heterocycles. The maximum Gasteiger partial charge on any atom is 0.223 e. The minimum Gasteiger partial charge on any atom is -0.357 e. The summed E-state index contributed by atoms with van der Waals surface area (Å²) < 4.78 is 0. The first kappa shape index (κ1) is 13.6. The summed E-state index contributed by atoms with van der Waals surface area (Å²) in [4.78, 5) is 11.7. The Morgan fingerprint density at radius 3 is 2.48 bits per heavy atom. The van der Waals surface area contributed by atoms with Crippen LogP contribution in [0.1, 0.15) is 18.7 Å². The second-order valence-corrected chi connectivity index (χ2v) is 5.21. The largest absolute Gasteiger partial charge is 0.357 e. The van der Waals surface area contributed by atoms with Crippen LogP contribution in [0, 0.1) is 0 Å². The highest BCUT2D eigenvalue weighted by Gasteiger charge is 2.09. The van der Waals surface area contributed by atoms with E-state index in [1.807, 2.05) is 24.3 Å². The van der Waals surface area contributed by atoms with Gasteiger partial charge in [-0.05, 0) is 42.8 Å². The van der Waals surface area contributed by atoms with Gasteiger partial charge < -0.3 is 10.3 Å². The third kappa shape index (κ3) is 3.23. The highest BCUT2D eigenvalue weighted by molar-refractivity contribution is 6.30. The number of halogens is 1. The summed E-state index contributed by atoms with van der Waals surface area (Å²) in [5.41, 5.74) is 3.24. The molecule has 0 unspecified atom stereocenters. The van der Waals surface area contributed by atoms with Gasteiger partial charge in [0.15, 0.2) is 0 Å². The zero-order valence-corrected chi connectivity index (χ0v) is 12.3. The molecule has 0 aliphatic heterocycles. The van der Waals surface area contributed by atoms with Crippen LogP contribution in [0.2, 0.25) is 5.02 Å². The van der Waals surface area contributed by atoms with Gasteiger partial charge in [0.2, 0.25) is 5.95 Å². The molecule has 0 aliphatic carbocycles. The third-order valence-electron chi connectivity index (χ3n) is 3.24. The van der Waals surface area contributed by atoms with E-state index >= 15 is 0 Å². The van der Waals surface area contributed by atoms with E-state index in [0.29, 0.717) is 5.95 Å². The summed E-state index contributed by atoms with van der Waals surface area (Å²) in [6.45, 7) is 2.06. The Morgan fingerprint density at radius 1 is 1.05 bits per heavy atom. The Hall–Kier alpha value is -2.33. The second-order valence-electron chi connectivity index (χ2n) is 4.77. The summed E-state index contributed by atoms with van der Waals surface area (Å²) in [6.07, 6.45) is 3.44. The van der Waals surface area contributed by atoms with Crippen molar-refractivity contribution in [3.63, 3.8) is 0 Å². The van der Waals surface area contributed by atoms with Crippen LogP contribution in [0.25, 0.3) is 11.3 Å². The number of hydrogen-bond donors (Lipinski definition) is 2. The van der Waals surface area contributed by atoms with Crippen molar-refractivity contribution in [3.8, 4) is 11.3 Å². The Bertz CT molecular complexity index is 707. The molecule has 2 N–H and O–H groups in total. The predicted octanol–water partition coefficient (Wildman–Crippen LogP) is 4.30. The van der Waals surface area contributed by atoms with E-state index in [9.17, 15) is 0 Å². The molecular weight excluding hydrogens is 284 g/mol. The fourth-order valence-corrected chi connectivity index (χ4v) is 2.23. The van der Waals surface area contributed by atoms with Crippen molar-refractivity contribution >= 4 is 17.5 Å². The number of aromatic nitrogens is 3. The number of benzene rings is 1. The van der Waals surface area contributed by atoms with Gasteiger partial charge in [0, 0.05) is 28.8 Å². The van der Waals surface area contributed by atoms with E-state index < -0.39 is 0 Å². The van der Waals surface area contributed by atoms with E-state index in [-0.39, 0.29) is 6.04 Å². The summed E-state index contributed by atoms with van der Waals surface area (Å²) in [6, 6.07) is 13.8. The van der Waals surface area contributed by atoms with Gasteiger partial charge >= 0.3 is 0 Å². The van der Waals surface area contributed by atoms with Crippen LogP contribution in [0.4, 0.5) is 5.95 Å². The molecule has 0 bridgehead atoms. The Labute approximate surface area is 128 Å². The quantitative estimate of drug-likeness (QED) is 0.755. The summed E-state index contributed by atoms with van der Waals surface area (Å²) in [5, 5.41) is 4.00. The number of nitrogens with one attached hydrogen (secondary N) is 2. The van der Waals surface area contributed by atoms with Crippen LogP contribution >= 0.6 is 11.6 Å². The maximum absolute atomic E-state index is 5.91. The molecule has 0 saturated carbocycles. The lowest BCUT2D eigenvalue weighted by molar-refractivity contribution is 0.831. The minimum absolute atomic E-state index is 0.0912. The minimum atomic E-state index is 0.0912. The van der Waals surface area contributed by atoms with E-state index in [1.54, 1.807) is 18.5 Å². The van der Waals surface area contributed by atoms with E-state index in [2.05, 4.69) is 39.3 Å². The molecule has 2 heterocycles. The smallest absolute Gasteiger partial charge is 0.223 e. The SMILES string of the molecule is C[C@H](Nc1ncccn1)c1ccc(-c2ccc(Cl)cc2)[nH]1. The van der Waals surface area contributed by atoms with Crippen molar-refractivity contribution in [2.45, 2.75) is 13.0 Å². The predicted molar refractivity (Wildman–Crippen MR) is 85.3 cm³/mol. The van der Waals surface area contributed by atoms with Crippen molar-refractivity contribution in [1.29, 1.82) is 0 Å². The molecule has 1 aromatic carbocycles. The topological polar surface area (TPSA) is 53.6 Å². The van der Waals surface area contributed by atoms with Crippen molar-refractivity contribution < 1.29 is 0 Å². The Kier molecular flexibility index (Phi) is 3.88. The summed E-state index contributed by atoms with van der Waals surface area (Å²) in [7, 11) is 0. The van der Waals surface area contributed by atoms with Crippen LogP contribution in [-0.2, 0) is 0 Å². The summed E-state index contributed by atoms with van der Waals surface area (Å²) >= 11 is 5.91. The molecule has 2 aromatic heterocycles. The van der Waals surface area contributed by atoms with Crippen LogP contribution in [0.5, 0.6) is 0 Å². The molecule has 3 aromatic rings. The Morgan fingerprint density at radius 2 is 1.76 bits per heavy atom. The van der Waals surface area contributed by atoms with E-state index in [4.69, 9.17) is 11.6 Å². The zero-order valence-electron chi connectivity index (χ0n) is 11.5. The lowest BCUT2D eigenvalue weighted by atomic mass is 10.2. The molecule has 106 valence electrons. The van der Waals surface area contributed by atoms with E-state index in [0.717, 1.165) is 22.0 Å². The first-order valence-corrected chi connectivity index (χ1v) is 7.08. The molecule has 3 rings (SSSR count). The molecule has 0 radical (unpaired) electrons. The van der Waals surface area contributed by atoms with Gasteiger partial charge in [-0.3, -0.25) is 0 Å². The molecule has 0 amide bonds. The summed E-state index contributed by atoms with van der Waals surface area (Å²) in [5.74, 6) is 0.618. The molecule has 1 atom stereocenters. The number of H-pyrrole nitrogens is 1. The zero-order chi connectivity index (χ0) is 14.7. The van der Waals surface area contributed by atoms with Gasteiger partial charge in [-0.1, -0.05) is 23.7 Å². The third-order valence-corrected chi connectivity index (χ3v) is 3.49. The molecule has 0 aliphatic rings. The number of nitrogens with zero attached hydrogens (tertiary/aromatic N) is 2. The van der Waals surface area contributed by atoms with Crippen LogP contribution in [0.3, 0.4) is 0 Å². The average molecular weight is 299 g/mol. The number of hydrogen-bond acceptors (Lipinski definition) is 3. The molecule has 21 heavy (non-hydrogen) atoms. The van der Waals surface area contributed by atoms with Gasteiger partial charge in [-0.25, -0.2) is 9.97 Å². The van der Waals surface area contributed by atoms with Crippen LogP contribution < -0.4 is 5.32 Å². The fourth-order valence-electron chi connectivity index (χ4n) is 2.11. The van der Waals surface area contributed by atoms with Gasteiger partial charge in [0.05, 0.1) is 6.04 Å². The van der Waals surface area contributed by atoms with Crippen molar-refractivity contribution in [2.24, 2.45) is 0 Å². The second kappa shape index (κ2) is 5.97. The van der Waals surface area contributed by atoms with Crippen LogP contribution in [-0.4, -0.2) is 15.0 Å².